The SMILES string of the molecule is Cc1cccc(C(NN)C2CCC(C(F)(F)F)CC2)c1. The van der Waals surface area contributed by atoms with Crippen LogP contribution in [0.5, 0.6) is 0 Å². The molecule has 0 aromatic heterocycles. The van der Waals surface area contributed by atoms with E-state index in [0.29, 0.717) is 12.8 Å². The van der Waals surface area contributed by atoms with Crippen LogP contribution in [0.3, 0.4) is 0 Å². The molecule has 1 aliphatic carbocycles. The highest BCUT2D eigenvalue weighted by molar-refractivity contribution is 5.25. The zero-order chi connectivity index (χ0) is 14.8. The minimum atomic E-state index is -4.06. The number of hydrogen-bond acceptors (Lipinski definition) is 2. The van der Waals surface area contributed by atoms with Crippen molar-refractivity contribution in [2.75, 3.05) is 0 Å². The summed E-state index contributed by atoms with van der Waals surface area (Å²) in [6.45, 7) is 2.00. The highest BCUT2D eigenvalue weighted by Gasteiger charge is 2.42. The second-order valence-corrected chi connectivity index (χ2v) is 5.71. The Labute approximate surface area is 117 Å². The number of nitrogens with one attached hydrogen (secondary N) is 1. The number of alkyl halides is 3. The Morgan fingerprint density at radius 1 is 1.20 bits per heavy atom. The van der Waals surface area contributed by atoms with Crippen molar-refractivity contribution in [1.82, 2.24) is 5.43 Å². The standard InChI is InChI=1S/C15H21F3N2/c1-10-3-2-4-12(9-10)14(20-19)11-5-7-13(8-6-11)15(16,17)18/h2-4,9,11,13-14,20H,5-8,19H2,1H3. The molecule has 5 heteroatoms. The Bertz CT molecular complexity index is 437. The highest BCUT2D eigenvalue weighted by atomic mass is 19.4. The van der Waals surface area contributed by atoms with E-state index in [1.807, 2.05) is 31.2 Å². The van der Waals surface area contributed by atoms with Crippen LogP contribution in [0.2, 0.25) is 0 Å². The summed E-state index contributed by atoms with van der Waals surface area (Å²) in [4.78, 5) is 0. The van der Waals surface area contributed by atoms with Crippen LogP contribution in [-0.2, 0) is 0 Å². The number of halogens is 3. The number of rotatable bonds is 3. The van der Waals surface area contributed by atoms with Gasteiger partial charge in [0.15, 0.2) is 0 Å². The van der Waals surface area contributed by atoms with Gasteiger partial charge in [0, 0.05) is 6.04 Å². The summed E-state index contributed by atoms with van der Waals surface area (Å²) in [5.41, 5.74) is 4.98. The van der Waals surface area contributed by atoms with Crippen molar-refractivity contribution in [3.63, 3.8) is 0 Å². The van der Waals surface area contributed by atoms with Crippen LogP contribution in [0, 0.1) is 18.8 Å². The monoisotopic (exact) mass is 286 g/mol. The summed E-state index contributed by atoms with van der Waals surface area (Å²) in [7, 11) is 0. The molecule has 20 heavy (non-hydrogen) atoms. The van der Waals surface area contributed by atoms with Crippen LogP contribution in [0.1, 0.15) is 42.9 Å². The molecule has 0 aliphatic heterocycles. The Balaban J connectivity index is 2.04. The molecule has 0 heterocycles. The fourth-order valence-electron chi connectivity index (χ4n) is 3.15. The Kier molecular flexibility index (Phi) is 4.70. The highest BCUT2D eigenvalue weighted by Crippen LogP contribution is 2.42. The molecule has 0 bridgehead atoms. The van der Waals surface area contributed by atoms with Crippen molar-refractivity contribution in [2.24, 2.45) is 17.7 Å². The first-order chi connectivity index (χ1) is 9.41. The first-order valence-corrected chi connectivity index (χ1v) is 7.01. The molecular weight excluding hydrogens is 265 g/mol. The van der Waals surface area contributed by atoms with Crippen molar-refractivity contribution >= 4 is 0 Å². The third kappa shape index (κ3) is 3.52. The van der Waals surface area contributed by atoms with Gasteiger partial charge < -0.3 is 0 Å². The third-order valence-electron chi connectivity index (χ3n) is 4.29. The van der Waals surface area contributed by atoms with Gasteiger partial charge in [-0.3, -0.25) is 11.3 Å². The van der Waals surface area contributed by atoms with Gasteiger partial charge in [0.25, 0.3) is 0 Å². The molecule has 1 saturated carbocycles. The van der Waals surface area contributed by atoms with Crippen LogP contribution < -0.4 is 11.3 Å². The number of aryl methyl sites for hydroxylation is 1. The van der Waals surface area contributed by atoms with E-state index in [0.717, 1.165) is 11.1 Å². The van der Waals surface area contributed by atoms with E-state index in [-0.39, 0.29) is 24.8 Å². The van der Waals surface area contributed by atoms with Gasteiger partial charge in [0.05, 0.1) is 5.92 Å². The lowest BCUT2D eigenvalue weighted by atomic mass is 9.76. The molecule has 1 aromatic rings. The fourth-order valence-corrected chi connectivity index (χ4v) is 3.15. The van der Waals surface area contributed by atoms with Gasteiger partial charge in [-0.2, -0.15) is 13.2 Å². The first-order valence-electron chi connectivity index (χ1n) is 7.01. The van der Waals surface area contributed by atoms with Gasteiger partial charge in [0.1, 0.15) is 0 Å². The van der Waals surface area contributed by atoms with E-state index >= 15 is 0 Å². The Morgan fingerprint density at radius 2 is 1.85 bits per heavy atom. The molecule has 2 rings (SSSR count). The van der Waals surface area contributed by atoms with E-state index in [1.54, 1.807) is 0 Å². The predicted molar refractivity (Wildman–Crippen MR) is 72.7 cm³/mol. The smallest absolute Gasteiger partial charge is 0.271 e. The average molecular weight is 286 g/mol. The minimum Gasteiger partial charge on any atom is -0.271 e. The van der Waals surface area contributed by atoms with Gasteiger partial charge >= 0.3 is 6.18 Å². The van der Waals surface area contributed by atoms with Gasteiger partial charge in [-0.05, 0) is 44.1 Å². The van der Waals surface area contributed by atoms with Crippen molar-refractivity contribution in [3.8, 4) is 0 Å². The summed E-state index contributed by atoms with van der Waals surface area (Å²) in [6.07, 6.45) is -2.52. The second kappa shape index (κ2) is 6.14. The lowest BCUT2D eigenvalue weighted by Crippen LogP contribution is -2.37. The number of hydrogen-bond donors (Lipinski definition) is 2. The molecule has 1 atom stereocenters. The second-order valence-electron chi connectivity index (χ2n) is 5.71. The van der Waals surface area contributed by atoms with Crippen LogP contribution in [0.15, 0.2) is 24.3 Å². The summed E-state index contributed by atoms with van der Waals surface area (Å²) in [5.74, 6) is 4.66. The van der Waals surface area contributed by atoms with Crippen LogP contribution in [0.4, 0.5) is 13.2 Å². The fraction of sp³-hybridized carbons (Fsp3) is 0.600. The number of benzene rings is 1. The van der Waals surface area contributed by atoms with Crippen molar-refractivity contribution in [2.45, 2.75) is 44.8 Å². The van der Waals surface area contributed by atoms with E-state index in [4.69, 9.17) is 5.84 Å². The van der Waals surface area contributed by atoms with Crippen molar-refractivity contribution < 1.29 is 13.2 Å². The van der Waals surface area contributed by atoms with Crippen molar-refractivity contribution in [1.29, 1.82) is 0 Å². The molecule has 3 N–H and O–H groups in total. The topological polar surface area (TPSA) is 38.0 Å². The maximum absolute atomic E-state index is 12.7. The molecule has 0 radical (unpaired) electrons. The molecule has 1 aromatic carbocycles. The van der Waals surface area contributed by atoms with Crippen LogP contribution in [-0.4, -0.2) is 6.18 Å². The maximum atomic E-state index is 12.7. The Hall–Kier alpha value is -1.07. The van der Waals surface area contributed by atoms with E-state index in [9.17, 15) is 13.2 Å². The summed E-state index contributed by atoms with van der Waals surface area (Å²) < 4.78 is 38.1. The van der Waals surface area contributed by atoms with Gasteiger partial charge in [-0.1, -0.05) is 29.8 Å². The molecule has 2 nitrogen and oxygen atoms in total. The number of hydrazine groups is 1. The van der Waals surface area contributed by atoms with Gasteiger partial charge in [-0.15, -0.1) is 0 Å². The molecule has 0 spiro atoms. The summed E-state index contributed by atoms with van der Waals surface area (Å²) in [6, 6.07) is 7.91. The van der Waals surface area contributed by atoms with E-state index in [2.05, 4.69) is 5.43 Å². The minimum absolute atomic E-state index is 0.0657. The molecule has 1 unspecified atom stereocenters. The quantitative estimate of drug-likeness (QED) is 0.654. The lowest BCUT2D eigenvalue weighted by molar-refractivity contribution is -0.184. The molecule has 0 amide bonds. The maximum Gasteiger partial charge on any atom is 0.391 e. The first kappa shape index (κ1) is 15.3. The molecular formula is C15H21F3N2. The number of nitrogens with two attached hydrogens (primary N) is 1. The molecule has 1 fully saturated rings. The largest absolute Gasteiger partial charge is 0.391 e. The van der Waals surface area contributed by atoms with Crippen LogP contribution in [0.25, 0.3) is 0 Å². The van der Waals surface area contributed by atoms with Crippen LogP contribution >= 0.6 is 0 Å². The normalized spacial score (nSPS) is 25.4. The average Bonchev–Trinajstić information content (AvgIpc) is 2.39. The lowest BCUT2D eigenvalue weighted by Gasteiger charge is -2.34. The van der Waals surface area contributed by atoms with E-state index < -0.39 is 12.1 Å². The zero-order valence-electron chi connectivity index (χ0n) is 11.6. The molecule has 1 aliphatic rings. The van der Waals surface area contributed by atoms with Gasteiger partial charge in [0.2, 0.25) is 0 Å². The van der Waals surface area contributed by atoms with Crippen molar-refractivity contribution in [3.05, 3.63) is 35.4 Å². The predicted octanol–water partition coefficient (Wildman–Crippen LogP) is 3.87. The Morgan fingerprint density at radius 3 is 2.35 bits per heavy atom. The molecule has 112 valence electrons. The molecule has 0 saturated heterocycles. The summed E-state index contributed by atoms with van der Waals surface area (Å²) in [5, 5.41) is 0. The van der Waals surface area contributed by atoms with Gasteiger partial charge in [-0.25, -0.2) is 0 Å². The van der Waals surface area contributed by atoms with E-state index in [1.165, 1.54) is 0 Å². The zero-order valence-corrected chi connectivity index (χ0v) is 11.6. The third-order valence-corrected chi connectivity index (χ3v) is 4.29. The summed E-state index contributed by atoms with van der Waals surface area (Å²) >= 11 is 0.